The Balaban J connectivity index is 0.00000288. The van der Waals surface area contributed by atoms with Crippen molar-refractivity contribution >= 4 is 41.3 Å². The van der Waals surface area contributed by atoms with Crippen molar-refractivity contribution in [3.63, 3.8) is 0 Å². The van der Waals surface area contributed by atoms with E-state index in [0.29, 0.717) is 0 Å². The molecule has 0 saturated heterocycles. The smallest absolute Gasteiger partial charge is 0.193 e. The maximum Gasteiger partial charge on any atom is 0.193 e. The van der Waals surface area contributed by atoms with E-state index in [-0.39, 0.29) is 24.0 Å². The Labute approximate surface area is 165 Å². The van der Waals surface area contributed by atoms with Crippen LogP contribution >= 0.6 is 35.3 Å². The summed E-state index contributed by atoms with van der Waals surface area (Å²) in [7, 11) is 2.09. The number of nitrogens with zero attached hydrogens (tertiary/aromatic N) is 3. The molecule has 0 unspecified atom stereocenters. The summed E-state index contributed by atoms with van der Waals surface area (Å²) in [5, 5.41) is 9.48. The fraction of sp³-hybridized carbons (Fsp3) is 0.529. The molecule has 2 rings (SSSR count). The van der Waals surface area contributed by atoms with Gasteiger partial charge in [0.2, 0.25) is 0 Å². The van der Waals surface area contributed by atoms with Gasteiger partial charge in [0.15, 0.2) is 5.96 Å². The average Bonchev–Trinajstić information content (AvgIpc) is 3.16. The number of guanidine groups is 1. The van der Waals surface area contributed by atoms with E-state index in [1.54, 1.807) is 11.3 Å². The molecule has 2 aromatic rings. The van der Waals surface area contributed by atoms with E-state index in [2.05, 4.69) is 46.9 Å². The van der Waals surface area contributed by atoms with Crippen molar-refractivity contribution in [2.24, 2.45) is 4.99 Å². The fourth-order valence-electron chi connectivity index (χ4n) is 2.44. The van der Waals surface area contributed by atoms with Crippen molar-refractivity contribution in [1.29, 1.82) is 0 Å². The Morgan fingerprint density at radius 3 is 2.75 bits per heavy atom. The van der Waals surface area contributed by atoms with Gasteiger partial charge in [-0.15, -0.1) is 35.3 Å². The first-order chi connectivity index (χ1) is 11.1. The SMILES string of the molecule is CCNC(=NCCc1c(C)noc1C)N(C)CCc1cccs1.I. The van der Waals surface area contributed by atoms with E-state index in [9.17, 15) is 0 Å². The number of nitrogens with one attached hydrogen (secondary N) is 1. The molecule has 0 bridgehead atoms. The van der Waals surface area contributed by atoms with Gasteiger partial charge in [0.1, 0.15) is 5.76 Å². The van der Waals surface area contributed by atoms with Crippen molar-refractivity contribution in [2.45, 2.75) is 33.6 Å². The lowest BCUT2D eigenvalue weighted by atomic mass is 10.1. The highest BCUT2D eigenvalue weighted by Crippen LogP contribution is 2.13. The molecule has 0 aliphatic heterocycles. The van der Waals surface area contributed by atoms with Gasteiger partial charge in [-0.1, -0.05) is 11.2 Å². The van der Waals surface area contributed by atoms with E-state index in [1.165, 1.54) is 10.4 Å². The summed E-state index contributed by atoms with van der Waals surface area (Å²) in [4.78, 5) is 8.33. The molecule has 2 heterocycles. The Morgan fingerprint density at radius 1 is 1.38 bits per heavy atom. The highest BCUT2D eigenvalue weighted by atomic mass is 127. The summed E-state index contributed by atoms with van der Waals surface area (Å²) in [6.45, 7) is 8.59. The number of likely N-dealkylation sites (N-methyl/N-ethyl adjacent to an activating group) is 1. The molecule has 134 valence electrons. The van der Waals surface area contributed by atoms with Crippen molar-refractivity contribution in [3.05, 3.63) is 39.4 Å². The van der Waals surface area contributed by atoms with E-state index >= 15 is 0 Å². The van der Waals surface area contributed by atoms with Gasteiger partial charge in [-0.25, -0.2) is 0 Å². The van der Waals surface area contributed by atoms with Crippen LogP contribution in [0.15, 0.2) is 27.0 Å². The number of aryl methyl sites for hydroxylation is 2. The van der Waals surface area contributed by atoms with Gasteiger partial charge in [0.05, 0.1) is 5.69 Å². The predicted octanol–water partition coefficient (Wildman–Crippen LogP) is 3.65. The van der Waals surface area contributed by atoms with Crippen LogP contribution in [0.2, 0.25) is 0 Å². The molecule has 2 aromatic heterocycles. The molecule has 0 amide bonds. The fourth-order valence-corrected chi connectivity index (χ4v) is 3.14. The normalized spacial score (nSPS) is 11.2. The summed E-state index contributed by atoms with van der Waals surface area (Å²) in [6.07, 6.45) is 1.90. The van der Waals surface area contributed by atoms with Crippen molar-refractivity contribution in [2.75, 3.05) is 26.7 Å². The van der Waals surface area contributed by atoms with Crippen LogP contribution in [0.25, 0.3) is 0 Å². The van der Waals surface area contributed by atoms with Gasteiger partial charge in [-0.3, -0.25) is 4.99 Å². The van der Waals surface area contributed by atoms with Gasteiger partial charge in [-0.05, 0) is 45.1 Å². The van der Waals surface area contributed by atoms with Gasteiger partial charge in [0, 0.05) is 37.1 Å². The summed E-state index contributed by atoms with van der Waals surface area (Å²) in [5.74, 6) is 1.85. The third-order valence-electron chi connectivity index (χ3n) is 3.77. The summed E-state index contributed by atoms with van der Waals surface area (Å²) in [6, 6.07) is 4.28. The van der Waals surface area contributed by atoms with E-state index in [4.69, 9.17) is 9.52 Å². The van der Waals surface area contributed by atoms with Crippen LogP contribution in [-0.2, 0) is 12.8 Å². The molecule has 1 N–H and O–H groups in total. The highest BCUT2D eigenvalue weighted by Gasteiger charge is 2.09. The standard InChI is InChI=1S/C17H26N4OS.HI/c1-5-18-17(21(4)11-9-15-7-6-12-23-15)19-10-8-16-13(2)20-22-14(16)3;/h6-7,12H,5,8-11H2,1-4H3,(H,18,19);1H. The highest BCUT2D eigenvalue weighted by molar-refractivity contribution is 14.0. The summed E-state index contributed by atoms with van der Waals surface area (Å²) in [5.41, 5.74) is 2.14. The molecule has 5 nitrogen and oxygen atoms in total. The third kappa shape index (κ3) is 6.08. The van der Waals surface area contributed by atoms with Gasteiger partial charge in [-0.2, -0.15) is 0 Å². The zero-order valence-electron chi connectivity index (χ0n) is 14.8. The topological polar surface area (TPSA) is 53.7 Å². The number of halogens is 1. The molecule has 0 aliphatic carbocycles. The largest absolute Gasteiger partial charge is 0.361 e. The van der Waals surface area contributed by atoms with Crippen LogP contribution < -0.4 is 5.32 Å². The minimum absolute atomic E-state index is 0. The maximum atomic E-state index is 5.20. The van der Waals surface area contributed by atoms with E-state index in [1.807, 2.05) is 13.8 Å². The number of aromatic nitrogens is 1. The van der Waals surface area contributed by atoms with Crippen LogP contribution in [0.1, 0.15) is 28.8 Å². The van der Waals surface area contributed by atoms with Crippen molar-refractivity contribution < 1.29 is 4.52 Å². The van der Waals surface area contributed by atoms with Crippen LogP contribution in [-0.4, -0.2) is 42.7 Å². The van der Waals surface area contributed by atoms with Crippen molar-refractivity contribution in [3.8, 4) is 0 Å². The molecule has 7 heteroatoms. The first-order valence-electron chi connectivity index (χ1n) is 8.05. The number of thiophene rings is 1. The van der Waals surface area contributed by atoms with E-state index < -0.39 is 0 Å². The Bertz CT molecular complexity index is 605. The maximum absolute atomic E-state index is 5.20. The molecule has 0 fully saturated rings. The van der Waals surface area contributed by atoms with Gasteiger partial charge < -0.3 is 14.7 Å². The lowest BCUT2D eigenvalue weighted by molar-refractivity contribution is 0.392. The monoisotopic (exact) mass is 462 g/mol. The number of hydrogen-bond acceptors (Lipinski definition) is 4. The lowest BCUT2D eigenvalue weighted by Gasteiger charge is -2.21. The zero-order chi connectivity index (χ0) is 16.7. The Morgan fingerprint density at radius 2 is 2.17 bits per heavy atom. The minimum Gasteiger partial charge on any atom is -0.361 e. The van der Waals surface area contributed by atoms with Gasteiger partial charge in [0.25, 0.3) is 0 Å². The molecule has 0 atom stereocenters. The molecule has 0 aromatic carbocycles. The second-order valence-electron chi connectivity index (χ2n) is 5.54. The van der Waals surface area contributed by atoms with Crippen LogP contribution in [0.5, 0.6) is 0 Å². The quantitative estimate of drug-likeness (QED) is 0.388. The predicted molar refractivity (Wildman–Crippen MR) is 112 cm³/mol. The third-order valence-corrected chi connectivity index (χ3v) is 4.71. The number of hydrogen-bond donors (Lipinski definition) is 1. The summed E-state index contributed by atoms with van der Waals surface area (Å²) >= 11 is 1.80. The zero-order valence-corrected chi connectivity index (χ0v) is 18.0. The summed E-state index contributed by atoms with van der Waals surface area (Å²) < 4.78 is 5.20. The first-order valence-corrected chi connectivity index (χ1v) is 8.93. The Kier molecular flexibility index (Phi) is 9.35. The molecule has 0 spiro atoms. The molecular weight excluding hydrogens is 435 g/mol. The van der Waals surface area contributed by atoms with Gasteiger partial charge >= 0.3 is 0 Å². The average molecular weight is 462 g/mol. The van der Waals surface area contributed by atoms with Crippen LogP contribution in [0, 0.1) is 13.8 Å². The van der Waals surface area contributed by atoms with Crippen LogP contribution in [0.3, 0.4) is 0 Å². The molecule has 0 radical (unpaired) electrons. The second kappa shape index (κ2) is 10.7. The number of rotatable bonds is 7. The molecule has 0 aliphatic rings. The number of aliphatic imine (C=N–C) groups is 1. The molecule has 0 saturated carbocycles. The second-order valence-corrected chi connectivity index (χ2v) is 6.57. The minimum atomic E-state index is 0. The van der Waals surface area contributed by atoms with Crippen LogP contribution in [0.4, 0.5) is 0 Å². The Hall–Kier alpha value is -1.09. The molecular formula is C17H27IN4OS. The first kappa shape index (κ1) is 21.0. The van der Waals surface area contributed by atoms with E-state index in [0.717, 1.165) is 49.9 Å². The van der Waals surface area contributed by atoms with Crippen molar-refractivity contribution in [1.82, 2.24) is 15.4 Å². The lowest BCUT2D eigenvalue weighted by Crippen LogP contribution is -2.40. The molecule has 24 heavy (non-hydrogen) atoms.